The first-order chi connectivity index (χ1) is 5.18. The second-order valence-electron chi connectivity index (χ2n) is 0.860. The van der Waals surface area contributed by atoms with E-state index in [1.165, 1.54) is 0 Å². The Morgan fingerprint density at radius 1 is 0.818 bits per heavy atom. The Kier molecular flexibility index (Phi) is 6.88. The van der Waals surface area contributed by atoms with Crippen LogP contribution in [0.2, 0.25) is 0 Å². The molecule has 11 heteroatoms. The fraction of sp³-hybridized carbons (Fsp3) is 0. The van der Waals surface area contributed by atoms with Crippen molar-refractivity contribution in [1.29, 1.82) is 0 Å². The molecule has 0 spiro atoms. The molecule has 0 N–H and O–H groups in total. The fourth-order valence-electron chi connectivity index (χ4n) is 0.141. The molecular weight excluding hydrogens is 249 g/mol. The predicted molar refractivity (Wildman–Crippen MR) is 31.7 cm³/mol. The first kappa shape index (κ1) is 11.9. The smallest absolute Gasteiger partial charge is 0.220 e. The van der Waals surface area contributed by atoms with Crippen molar-refractivity contribution < 1.29 is 31.9 Å². The van der Waals surface area contributed by atoms with Crippen LogP contribution in [0.1, 0.15) is 0 Å². The van der Waals surface area contributed by atoms with Crippen LogP contribution in [0, 0.1) is 0 Å². The van der Waals surface area contributed by atoms with Crippen LogP contribution in [0.25, 0.3) is 0 Å². The summed E-state index contributed by atoms with van der Waals surface area (Å²) in [6.45, 7) is 0. The zero-order valence-corrected chi connectivity index (χ0v) is 7.60. The monoisotopic (exact) mass is 248 g/mol. The van der Waals surface area contributed by atoms with Crippen LogP contribution >= 0.6 is 43.4 Å². The van der Waals surface area contributed by atoms with Gasteiger partial charge in [0.1, 0.15) is 35.6 Å². The van der Waals surface area contributed by atoms with Gasteiger partial charge in [0.2, 0.25) is 0 Å². The van der Waals surface area contributed by atoms with Gasteiger partial charge in [-0.1, -0.05) is 0 Å². The molecule has 0 bridgehead atoms. The van der Waals surface area contributed by atoms with Crippen LogP contribution in [-0.4, -0.2) is 0 Å². The third-order valence-corrected chi connectivity index (χ3v) is 1.58. The van der Waals surface area contributed by atoms with Crippen LogP contribution in [0.4, 0.5) is 0 Å². The molecule has 68 valence electrons. The average Bonchev–Trinajstić information content (AvgIpc) is 1.88. The Balaban J connectivity index is 3.91. The Bertz CT molecular complexity index is 112. The summed E-state index contributed by atoms with van der Waals surface area (Å²) in [5.41, 5.74) is 0. The minimum absolute atomic E-state index is 3.39. The lowest BCUT2D eigenvalue weighted by Crippen LogP contribution is -1.93. The molecule has 0 aliphatic carbocycles. The van der Waals surface area contributed by atoms with Crippen molar-refractivity contribution >= 4 is 43.4 Å². The molecule has 0 fully saturated rings. The minimum Gasteiger partial charge on any atom is -0.220 e. The minimum atomic E-state index is -4.28. The molecule has 0 saturated carbocycles. The quantitative estimate of drug-likeness (QED) is 0.406. The van der Waals surface area contributed by atoms with E-state index in [2.05, 4.69) is 62.9 Å². The third kappa shape index (κ3) is 5.15. The van der Waals surface area contributed by atoms with Gasteiger partial charge in [-0.15, -0.1) is 27.3 Å². The number of phosphoric acid groups is 1. The van der Waals surface area contributed by atoms with Gasteiger partial charge in [-0.3, -0.25) is 0 Å². The molecule has 0 rings (SSSR count). The summed E-state index contributed by atoms with van der Waals surface area (Å²) in [6, 6.07) is 0. The Morgan fingerprint density at radius 3 is 1.27 bits per heavy atom. The van der Waals surface area contributed by atoms with Crippen molar-refractivity contribution in [3.63, 3.8) is 0 Å². The van der Waals surface area contributed by atoms with Crippen molar-refractivity contribution in [3.05, 3.63) is 0 Å². The van der Waals surface area contributed by atoms with Gasteiger partial charge < -0.3 is 0 Å². The largest absolute Gasteiger partial charge is 0.560 e. The first-order valence-electron chi connectivity index (χ1n) is 1.69. The van der Waals surface area contributed by atoms with Gasteiger partial charge in [-0.05, 0) is 0 Å². The van der Waals surface area contributed by atoms with E-state index in [1.807, 2.05) is 0 Å². The van der Waals surface area contributed by atoms with Gasteiger partial charge in [0, 0.05) is 0 Å². The van der Waals surface area contributed by atoms with E-state index in [-0.39, 0.29) is 0 Å². The van der Waals surface area contributed by atoms with E-state index in [0.29, 0.717) is 0 Å². The summed E-state index contributed by atoms with van der Waals surface area (Å²) in [5.74, 6) is 0. The highest BCUT2D eigenvalue weighted by molar-refractivity contribution is 7.48. The fourth-order valence-corrected chi connectivity index (χ4v) is 1.04. The van der Waals surface area contributed by atoms with Crippen LogP contribution in [0.5, 0.6) is 0 Å². The van der Waals surface area contributed by atoms with Gasteiger partial charge in [0.15, 0.2) is 0 Å². The zero-order chi connectivity index (χ0) is 8.74. The van der Waals surface area contributed by atoms with E-state index in [4.69, 9.17) is 0 Å². The number of halogens is 3. The highest BCUT2D eigenvalue weighted by atomic mass is 35.5. The Hall–Kier alpha value is 0.860. The van der Waals surface area contributed by atoms with Crippen molar-refractivity contribution in [2.24, 2.45) is 0 Å². The summed E-state index contributed by atoms with van der Waals surface area (Å²) < 4.78 is 31.9. The van der Waals surface area contributed by atoms with Gasteiger partial charge in [0.05, 0.1) is 0 Å². The summed E-state index contributed by atoms with van der Waals surface area (Å²) in [4.78, 5) is 0. The second-order valence-corrected chi connectivity index (χ2v) is 2.58. The summed E-state index contributed by atoms with van der Waals surface area (Å²) in [6.07, 6.45) is 0. The third-order valence-electron chi connectivity index (χ3n) is 0.358. The molecule has 0 saturated heterocycles. The van der Waals surface area contributed by atoms with Gasteiger partial charge in [0.25, 0.3) is 0 Å². The molecular formula is Cl3O7P. The normalized spacial score (nSPS) is 11.9. The maximum absolute atomic E-state index is 10.7. The molecule has 0 aromatic carbocycles. The lowest BCUT2D eigenvalue weighted by molar-refractivity contribution is -0.234. The summed E-state index contributed by atoms with van der Waals surface area (Å²) in [5, 5.41) is 0. The van der Waals surface area contributed by atoms with Crippen molar-refractivity contribution in [2.75, 3.05) is 0 Å². The average molecular weight is 249 g/mol. The van der Waals surface area contributed by atoms with Crippen LogP contribution < -0.4 is 0 Å². The summed E-state index contributed by atoms with van der Waals surface area (Å²) in [7, 11) is -4.28. The molecule has 0 amide bonds. The molecule has 0 heterocycles. The molecule has 11 heavy (non-hydrogen) atoms. The molecule has 7 nitrogen and oxygen atoms in total. The van der Waals surface area contributed by atoms with E-state index in [0.717, 1.165) is 0 Å². The van der Waals surface area contributed by atoms with Crippen molar-refractivity contribution in [1.82, 2.24) is 0 Å². The highest BCUT2D eigenvalue weighted by Crippen LogP contribution is 2.50. The molecule has 0 aromatic rings. The standard InChI is InChI=1S/Cl3O7P/c1-5-8-11(4,9-6-2)10-7-3. The second kappa shape index (κ2) is 6.38. The van der Waals surface area contributed by atoms with Crippen molar-refractivity contribution in [2.45, 2.75) is 0 Å². The van der Waals surface area contributed by atoms with Crippen molar-refractivity contribution in [3.8, 4) is 0 Å². The molecule has 0 radical (unpaired) electrons. The molecule has 0 aliphatic heterocycles. The molecule has 0 atom stereocenters. The van der Waals surface area contributed by atoms with E-state index < -0.39 is 7.82 Å². The molecule has 0 aromatic heterocycles. The Morgan fingerprint density at radius 2 is 1.09 bits per heavy atom. The number of hydrogen-bond donors (Lipinski definition) is 0. The molecule has 0 aliphatic rings. The van der Waals surface area contributed by atoms with Crippen LogP contribution in [0.15, 0.2) is 0 Å². The first-order valence-corrected chi connectivity index (χ1v) is 4.08. The highest BCUT2D eigenvalue weighted by Gasteiger charge is 2.32. The predicted octanol–water partition coefficient (Wildman–Crippen LogP) is 2.40. The van der Waals surface area contributed by atoms with E-state index in [1.54, 1.807) is 0 Å². The lowest BCUT2D eigenvalue weighted by Gasteiger charge is -2.06. The van der Waals surface area contributed by atoms with E-state index in [9.17, 15) is 4.57 Å². The zero-order valence-electron chi connectivity index (χ0n) is 4.44. The number of hydrogen-bond acceptors (Lipinski definition) is 7. The maximum Gasteiger partial charge on any atom is 0.560 e. The summed E-state index contributed by atoms with van der Waals surface area (Å²) >= 11 is 13.5. The lowest BCUT2D eigenvalue weighted by atomic mass is 14.9. The van der Waals surface area contributed by atoms with Gasteiger partial charge in [-0.25, -0.2) is 4.57 Å². The Labute approximate surface area is 75.8 Å². The molecule has 0 unspecified atom stereocenters. The maximum atomic E-state index is 10.7. The number of rotatable bonds is 6. The SMILES string of the molecule is O=P(OOCl)(OOCl)OOCl. The van der Waals surface area contributed by atoms with Gasteiger partial charge >= 0.3 is 7.82 Å². The van der Waals surface area contributed by atoms with Crippen LogP contribution in [0.3, 0.4) is 0 Å². The topological polar surface area (TPSA) is 72.5 Å². The van der Waals surface area contributed by atoms with Crippen LogP contribution in [-0.2, 0) is 31.9 Å². The van der Waals surface area contributed by atoms with Gasteiger partial charge in [-0.2, -0.15) is 0 Å². The van der Waals surface area contributed by atoms with E-state index >= 15 is 0 Å².